The Morgan fingerprint density at radius 1 is 1.00 bits per heavy atom. The van der Waals surface area contributed by atoms with Crippen molar-refractivity contribution >= 4 is 23.5 Å². The van der Waals surface area contributed by atoms with Gasteiger partial charge in [0.1, 0.15) is 5.75 Å². The molecule has 26 heavy (non-hydrogen) atoms. The normalized spacial score (nSPS) is 11.3. The Morgan fingerprint density at radius 3 is 2.12 bits per heavy atom. The van der Waals surface area contributed by atoms with Crippen LogP contribution in [0.3, 0.4) is 0 Å². The Bertz CT molecular complexity index is 785. The molecule has 0 aliphatic carbocycles. The zero-order valence-corrected chi connectivity index (χ0v) is 14.5. The highest BCUT2D eigenvalue weighted by Gasteiger charge is 2.20. The summed E-state index contributed by atoms with van der Waals surface area (Å²) in [4.78, 5) is 35.3. The molecule has 2 amide bonds. The molecule has 2 rings (SSSR count). The Hall–Kier alpha value is -3.35. The summed E-state index contributed by atoms with van der Waals surface area (Å²) in [5.74, 6) is -0.283. The lowest BCUT2D eigenvalue weighted by atomic mass is 10.1. The van der Waals surface area contributed by atoms with Crippen molar-refractivity contribution in [3.05, 3.63) is 59.7 Å². The molecular formula is C19H20N2O5. The number of amides is 2. The van der Waals surface area contributed by atoms with Crippen molar-refractivity contribution in [2.75, 3.05) is 11.9 Å². The van der Waals surface area contributed by atoms with Crippen LogP contribution in [-0.4, -0.2) is 30.5 Å². The molecule has 3 N–H and O–H groups in total. The third kappa shape index (κ3) is 5.07. The number of rotatable bonds is 7. The smallest absolute Gasteiger partial charge is 0.338 e. The minimum atomic E-state index is -0.941. The van der Waals surface area contributed by atoms with Gasteiger partial charge in [0.15, 0.2) is 6.10 Å². The highest BCUT2D eigenvalue weighted by Crippen LogP contribution is 2.16. The van der Waals surface area contributed by atoms with Crippen molar-refractivity contribution < 1.29 is 23.9 Å². The average molecular weight is 356 g/mol. The summed E-state index contributed by atoms with van der Waals surface area (Å²) < 4.78 is 10.5. The second-order valence-electron chi connectivity index (χ2n) is 5.44. The number of esters is 1. The van der Waals surface area contributed by atoms with Crippen molar-refractivity contribution in [2.24, 2.45) is 5.73 Å². The molecule has 0 fully saturated rings. The molecular weight excluding hydrogens is 336 g/mol. The second kappa shape index (κ2) is 8.66. The molecule has 0 radical (unpaired) electrons. The molecule has 2 aromatic rings. The number of hydrogen-bond donors (Lipinski definition) is 2. The summed E-state index contributed by atoms with van der Waals surface area (Å²) in [6.07, 6.45) is -0.941. The summed E-state index contributed by atoms with van der Waals surface area (Å²) in [6.45, 7) is 3.92. The van der Waals surface area contributed by atoms with Crippen LogP contribution in [0.1, 0.15) is 34.6 Å². The molecule has 7 nitrogen and oxygen atoms in total. The van der Waals surface area contributed by atoms with Crippen molar-refractivity contribution in [3.63, 3.8) is 0 Å². The molecule has 0 saturated carbocycles. The second-order valence-corrected chi connectivity index (χ2v) is 5.44. The van der Waals surface area contributed by atoms with E-state index in [4.69, 9.17) is 15.2 Å². The number of ketones is 1. The van der Waals surface area contributed by atoms with Gasteiger partial charge < -0.3 is 20.5 Å². The molecule has 1 atom stereocenters. The van der Waals surface area contributed by atoms with E-state index in [0.717, 1.165) is 0 Å². The number of nitrogens with one attached hydrogen (secondary N) is 1. The average Bonchev–Trinajstić information content (AvgIpc) is 2.62. The number of carbonyl (C=O) groups excluding carboxylic acids is 3. The molecule has 0 saturated heterocycles. The van der Waals surface area contributed by atoms with E-state index in [1.54, 1.807) is 24.3 Å². The molecule has 0 bridgehead atoms. The molecule has 2 aromatic carbocycles. The number of primary amides is 1. The van der Waals surface area contributed by atoms with Crippen molar-refractivity contribution in [1.29, 1.82) is 0 Å². The topological polar surface area (TPSA) is 108 Å². The minimum Gasteiger partial charge on any atom is -0.494 e. The first-order valence-corrected chi connectivity index (χ1v) is 8.05. The standard InChI is InChI=1S/C19H20N2O5/c1-3-25-16-10-6-13(7-11-16)17(22)12(2)26-18(23)14-4-8-15(9-5-14)21-19(20)24/h4-12H,3H2,1-2H3,(H3,20,21,24)/t12-/m1/s1. The van der Waals surface area contributed by atoms with Gasteiger partial charge in [-0.15, -0.1) is 0 Å². The van der Waals surface area contributed by atoms with Gasteiger partial charge in [0.25, 0.3) is 0 Å². The highest BCUT2D eigenvalue weighted by molar-refractivity contribution is 6.01. The van der Waals surface area contributed by atoms with Gasteiger partial charge in [-0.2, -0.15) is 0 Å². The Kier molecular flexibility index (Phi) is 6.32. The third-order valence-electron chi connectivity index (χ3n) is 3.49. The van der Waals surface area contributed by atoms with E-state index >= 15 is 0 Å². The Balaban J connectivity index is 1.99. The van der Waals surface area contributed by atoms with E-state index in [2.05, 4.69) is 5.32 Å². The maximum absolute atomic E-state index is 12.4. The van der Waals surface area contributed by atoms with Crippen LogP contribution in [0.15, 0.2) is 48.5 Å². The quantitative estimate of drug-likeness (QED) is 0.586. The van der Waals surface area contributed by atoms with Crippen molar-refractivity contribution in [1.82, 2.24) is 0 Å². The van der Waals surface area contributed by atoms with Gasteiger partial charge in [-0.1, -0.05) is 0 Å². The first-order valence-electron chi connectivity index (χ1n) is 8.05. The van der Waals surface area contributed by atoms with E-state index in [9.17, 15) is 14.4 Å². The lowest BCUT2D eigenvalue weighted by molar-refractivity contribution is 0.0319. The van der Waals surface area contributed by atoms with Crippen LogP contribution in [0, 0.1) is 0 Å². The number of anilines is 1. The summed E-state index contributed by atoms with van der Waals surface area (Å²) in [6, 6.07) is 11.9. The van der Waals surface area contributed by atoms with E-state index in [-0.39, 0.29) is 11.3 Å². The van der Waals surface area contributed by atoms with Crippen molar-refractivity contribution in [3.8, 4) is 5.75 Å². The lowest BCUT2D eigenvalue weighted by Crippen LogP contribution is -2.24. The monoisotopic (exact) mass is 356 g/mol. The molecule has 136 valence electrons. The molecule has 0 aliphatic rings. The van der Waals surface area contributed by atoms with Gasteiger partial charge in [-0.05, 0) is 62.4 Å². The molecule has 0 aliphatic heterocycles. The number of ether oxygens (including phenoxy) is 2. The van der Waals surface area contributed by atoms with Crippen LogP contribution >= 0.6 is 0 Å². The first-order chi connectivity index (χ1) is 12.4. The van der Waals surface area contributed by atoms with Gasteiger partial charge in [0, 0.05) is 11.3 Å². The fraction of sp³-hybridized carbons (Fsp3) is 0.211. The van der Waals surface area contributed by atoms with Crippen LogP contribution in [0.25, 0.3) is 0 Å². The summed E-state index contributed by atoms with van der Waals surface area (Å²) in [5.41, 5.74) is 6.15. The zero-order valence-electron chi connectivity index (χ0n) is 14.5. The predicted molar refractivity (Wildman–Crippen MR) is 96.5 cm³/mol. The number of benzene rings is 2. The molecule has 7 heteroatoms. The fourth-order valence-electron chi connectivity index (χ4n) is 2.23. The number of Topliss-reactive ketones (excluding diaryl/α,β-unsaturated/α-hetero) is 1. The van der Waals surface area contributed by atoms with Gasteiger partial charge in [0.2, 0.25) is 5.78 Å². The van der Waals surface area contributed by atoms with Gasteiger partial charge in [-0.25, -0.2) is 9.59 Å². The van der Waals surface area contributed by atoms with E-state index < -0.39 is 18.1 Å². The predicted octanol–water partition coefficient (Wildman–Crippen LogP) is 3.00. The fourth-order valence-corrected chi connectivity index (χ4v) is 2.23. The molecule has 0 unspecified atom stereocenters. The number of carbonyl (C=O) groups is 3. The summed E-state index contributed by atoms with van der Waals surface area (Å²) in [7, 11) is 0. The van der Waals surface area contributed by atoms with E-state index in [1.807, 2.05) is 6.92 Å². The van der Waals surface area contributed by atoms with Crippen LogP contribution in [0.5, 0.6) is 5.75 Å². The Labute approximate surface area is 151 Å². The molecule has 0 aromatic heterocycles. The van der Waals surface area contributed by atoms with E-state index in [0.29, 0.717) is 23.6 Å². The molecule has 0 spiro atoms. The molecule has 0 heterocycles. The highest BCUT2D eigenvalue weighted by atomic mass is 16.5. The van der Waals surface area contributed by atoms with Gasteiger partial charge in [-0.3, -0.25) is 4.79 Å². The van der Waals surface area contributed by atoms with Crippen LogP contribution < -0.4 is 15.8 Å². The maximum atomic E-state index is 12.4. The Morgan fingerprint density at radius 2 is 1.58 bits per heavy atom. The van der Waals surface area contributed by atoms with Crippen molar-refractivity contribution in [2.45, 2.75) is 20.0 Å². The maximum Gasteiger partial charge on any atom is 0.338 e. The largest absolute Gasteiger partial charge is 0.494 e. The number of nitrogens with two attached hydrogens (primary N) is 1. The first kappa shape index (κ1) is 19.0. The minimum absolute atomic E-state index is 0.256. The summed E-state index contributed by atoms with van der Waals surface area (Å²) in [5, 5.41) is 2.39. The SMILES string of the molecule is CCOc1ccc(C(=O)[C@@H](C)OC(=O)c2ccc(NC(N)=O)cc2)cc1. The lowest BCUT2D eigenvalue weighted by Gasteiger charge is -2.13. The van der Waals surface area contributed by atoms with Crippen LogP contribution in [-0.2, 0) is 4.74 Å². The summed E-state index contributed by atoms with van der Waals surface area (Å²) >= 11 is 0. The van der Waals surface area contributed by atoms with Gasteiger partial charge in [0.05, 0.1) is 12.2 Å². The van der Waals surface area contributed by atoms with E-state index in [1.165, 1.54) is 31.2 Å². The third-order valence-corrected chi connectivity index (χ3v) is 3.49. The van der Waals surface area contributed by atoms with Crippen LogP contribution in [0.4, 0.5) is 10.5 Å². The van der Waals surface area contributed by atoms with Crippen LogP contribution in [0.2, 0.25) is 0 Å². The zero-order chi connectivity index (χ0) is 19.1. The number of urea groups is 1. The number of hydrogen-bond acceptors (Lipinski definition) is 5. The van der Waals surface area contributed by atoms with Gasteiger partial charge >= 0.3 is 12.0 Å².